The van der Waals surface area contributed by atoms with Crippen molar-refractivity contribution in [3.8, 4) is 0 Å². The summed E-state index contributed by atoms with van der Waals surface area (Å²) in [4.78, 5) is 9.11. The van der Waals surface area contributed by atoms with E-state index in [2.05, 4.69) is 61.7 Å². The summed E-state index contributed by atoms with van der Waals surface area (Å²) in [5.41, 5.74) is 2.37. The molecule has 0 atom stereocenters. The number of halogens is 1. The van der Waals surface area contributed by atoms with Crippen molar-refractivity contribution in [2.75, 3.05) is 17.2 Å². The fraction of sp³-hybridized carbons (Fsp3) is 0.375. The molecule has 1 saturated carbocycles. The summed E-state index contributed by atoms with van der Waals surface area (Å²) in [5.74, 6) is 2.23. The minimum absolute atomic E-state index is 0.622. The van der Waals surface area contributed by atoms with Gasteiger partial charge in [0, 0.05) is 29.5 Å². The van der Waals surface area contributed by atoms with Crippen LogP contribution in [0.5, 0.6) is 0 Å². The Balaban J connectivity index is 1.74. The molecule has 0 amide bonds. The molecular formula is C16H19BrN4. The second-order valence-corrected chi connectivity index (χ2v) is 6.21. The van der Waals surface area contributed by atoms with Gasteiger partial charge in [0.15, 0.2) is 0 Å². The van der Waals surface area contributed by atoms with Crippen LogP contribution in [0.25, 0.3) is 0 Å². The van der Waals surface area contributed by atoms with Crippen LogP contribution in [-0.2, 0) is 6.54 Å². The van der Waals surface area contributed by atoms with E-state index in [1.165, 1.54) is 18.4 Å². The summed E-state index contributed by atoms with van der Waals surface area (Å²) in [6, 6.07) is 10.4. The van der Waals surface area contributed by atoms with Crippen molar-refractivity contribution in [2.45, 2.75) is 32.2 Å². The van der Waals surface area contributed by atoms with Crippen LogP contribution in [0.15, 0.2) is 34.8 Å². The van der Waals surface area contributed by atoms with Crippen molar-refractivity contribution in [2.24, 2.45) is 0 Å². The topological polar surface area (TPSA) is 49.8 Å². The summed E-state index contributed by atoms with van der Waals surface area (Å²) in [5, 5.41) is 6.61. The van der Waals surface area contributed by atoms with E-state index >= 15 is 0 Å². The van der Waals surface area contributed by atoms with E-state index in [1.54, 1.807) is 0 Å². The Morgan fingerprint density at radius 3 is 2.76 bits per heavy atom. The maximum absolute atomic E-state index is 4.58. The molecule has 5 heteroatoms. The second kappa shape index (κ2) is 6.43. The van der Waals surface area contributed by atoms with Gasteiger partial charge >= 0.3 is 0 Å². The number of anilines is 2. The van der Waals surface area contributed by atoms with Crippen LogP contribution in [0.1, 0.15) is 36.9 Å². The summed E-state index contributed by atoms with van der Waals surface area (Å²) < 4.78 is 1.09. The standard InChI is InChI=1S/C16H19BrN4/c1-2-18-16-20-14(12-6-7-12)9-15(21-16)19-10-11-4-3-5-13(17)8-11/h3-5,8-9,12H,2,6-7,10H2,1H3,(H2,18,19,20,21). The molecule has 0 saturated heterocycles. The Hall–Kier alpha value is -1.62. The van der Waals surface area contributed by atoms with Crippen LogP contribution in [0.4, 0.5) is 11.8 Å². The van der Waals surface area contributed by atoms with E-state index in [-0.39, 0.29) is 0 Å². The molecule has 2 N–H and O–H groups in total. The van der Waals surface area contributed by atoms with E-state index in [4.69, 9.17) is 0 Å². The molecule has 1 aliphatic rings. The molecule has 0 spiro atoms. The van der Waals surface area contributed by atoms with E-state index in [0.29, 0.717) is 5.92 Å². The lowest BCUT2D eigenvalue weighted by Crippen LogP contribution is -2.08. The molecule has 0 radical (unpaired) electrons. The Morgan fingerprint density at radius 2 is 2.05 bits per heavy atom. The smallest absolute Gasteiger partial charge is 0.224 e. The third kappa shape index (κ3) is 3.94. The zero-order valence-corrected chi connectivity index (χ0v) is 13.7. The minimum atomic E-state index is 0.622. The first-order valence-electron chi connectivity index (χ1n) is 7.36. The number of benzene rings is 1. The van der Waals surface area contributed by atoms with E-state index in [0.717, 1.165) is 35.0 Å². The number of aromatic nitrogens is 2. The van der Waals surface area contributed by atoms with Gasteiger partial charge in [-0.3, -0.25) is 0 Å². The first kappa shape index (κ1) is 14.3. The van der Waals surface area contributed by atoms with Crippen molar-refractivity contribution in [1.29, 1.82) is 0 Å². The van der Waals surface area contributed by atoms with Crippen LogP contribution in [0.2, 0.25) is 0 Å². The van der Waals surface area contributed by atoms with Crippen LogP contribution in [0, 0.1) is 0 Å². The van der Waals surface area contributed by atoms with Crippen LogP contribution < -0.4 is 10.6 Å². The predicted octanol–water partition coefficient (Wildman–Crippen LogP) is 4.16. The van der Waals surface area contributed by atoms with Gasteiger partial charge in [-0.15, -0.1) is 0 Å². The Labute approximate surface area is 133 Å². The van der Waals surface area contributed by atoms with Crippen molar-refractivity contribution >= 4 is 27.7 Å². The third-order valence-corrected chi connectivity index (χ3v) is 3.93. The molecule has 0 unspecified atom stereocenters. The van der Waals surface area contributed by atoms with E-state index in [1.807, 2.05) is 12.1 Å². The Kier molecular flexibility index (Phi) is 4.39. The van der Waals surface area contributed by atoms with E-state index < -0.39 is 0 Å². The highest BCUT2D eigenvalue weighted by molar-refractivity contribution is 9.10. The van der Waals surface area contributed by atoms with Gasteiger partial charge in [0.25, 0.3) is 0 Å². The SMILES string of the molecule is CCNc1nc(NCc2cccc(Br)c2)cc(C2CC2)n1. The zero-order chi connectivity index (χ0) is 14.7. The molecule has 110 valence electrons. The molecule has 1 fully saturated rings. The summed E-state index contributed by atoms with van der Waals surface area (Å²) in [6.45, 7) is 3.65. The fourth-order valence-electron chi connectivity index (χ4n) is 2.22. The summed E-state index contributed by atoms with van der Waals surface area (Å²) in [6.07, 6.45) is 2.49. The van der Waals surface area contributed by atoms with Crippen molar-refractivity contribution in [3.05, 3.63) is 46.1 Å². The van der Waals surface area contributed by atoms with Gasteiger partial charge in [-0.2, -0.15) is 4.98 Å². The van der Waals surface area contributed by atoms with Gasteiger partial charge in [0.1, 0.15) is 5.82 Å². The molecule has 1 aromatic heterocycles. The highest BCUT2D eigenvalue weighted by atomic mass is 79.9. The first-order valence-corrected chi connectivity index (χ1v) is 8.15. The molecule has 3 rings (SSSR count). The average molecular weight is 347 g/mol. The maximum atomic E-state index is 4.58. The number of nitrogens with one attached hydrogen (secondary N) is 2. The second-order valence-electron chi connectivity index (χ2n) is 5.29. The lowest BCUT2D eigenvalue weighted by molar-refractivity contribution is 0.967. The molecule has 1 aliphatic carbocycles. The van der Waals surface area contributed by atoms with Crippen molar-refractivity contribution < 1.29 is 0 Å². The first-order chi connectivity index (χ1) is 10.2. The minimum Gasteiger partial charge on any atom is -0.366 e. The maximum Gasteiger partial charge on any atom is 0.224 e. The van der Waals surface area contributed by atoms with Crippen molar-refractivity contribution in [1.82, 2.24) is 9.97 Å². The molecule has 0 bridgehead atoms. The predicted molar refractivity (Wildman–Crippen MR) is 89.6 cm³/mol. The molecule has 0 aliphatic heterocycles. The quantitative estimate of drug-likeness (QED) is 0.824. The number of hydrogen-bond acceptors (Lipinski definition) is 4. The zero-order valence-electron chi connectivity index (χ0n) is 12.1. The van der Waals surface area contributed by atoms with Gasteiger partial charge in [-0.25, -0.2) is 4.98 Å². The Bertz CT molecular complexity index is 625. The van der Waals surface area contributed by atoms with Crippen LogP contribution in [0.3, 0.4) is 0 Å². The van der Waals surface area contributed by atoms with Gasteiger partial charge in [-0.05, 0) is 37.5 Å². The Morgan fingerprint density at radius 1 is 1.19 bits per heavy atom. The van der Waals surface area contributed by atoms with Gasteiger partial charge in [0.05, 0.1) is 5.69 Å². The third-order valence-electron chi connectivity index (χ3n) is 3.44. The molecule has 2 aromatic rings. The lowest BCUT2D eigenvalue weighted by Gasteiger charge is -2.10. The molecule has 21 heavy (non-hydrogen) atoms. The van der Waals surface area contributed by atoms with E-state index in [9.17, 15) is 0 Å². The average Bonchev–Trinajstić information content (AvgIpc) is 3.30. The fourth-order valence-corrected chi connectivity index (χ4v) is 2.67. The molecule has 1 heterocycles. The normalized spacial score (nSPS) is 14.0. The van der Waals surface area contributed by atoms with Crippen LogP contribution in [-0.4, -0.2) is 16.5 Å². The van der Waals surface area contributed by atoms with Gasteiger partial charge in [0.2, 0.25) is 5.95 Å². The number of hydrogen-bond donors (Lipinski definition) is 2. The largest absolute Gasteiger partial charge is 0.366 e. The molecular weight excluding hydrogens is 328 g/mol. The van der Waals surface area contributed by atoms with Crippen molar-refractivity contribution in [3.63, 3.8) is 0 Å². The van der Waals surface area contributed by atoms with Gasteiger partial charge in [-0.1, -0.05) is 28.1 Å². The lowest BCUT2D eigenvalue weighted by atomic mass is 10.2. The number of nitrogens with zero attached hydrogens (tertiary/aromatic N) is 2. The van der Waals surface area contributed by atoms with Gasteiger partial charge < -0.3 is 10.6 Å². The molecule has 1 aromatic carbocycles. The highest BCUT2D eigenvalue weighted by Crippen LogP contribution is 2.39. The summed E-state index contributed by atoms with van der Waals surface area (Å²) in [7, 11) is 0. The highest BCUT2D eigenvalue weighted by Gasteiger charge is 2.26. The summed E-state index contributed by atoms with van der Waals surface area (Å²) >= 11 is 3.50. The monoisotopic (exact) mass is 346 g/mol. The molecule has 4 nitrogen and oxygen atoms in total. The number of rotatable bonds is 6. The van der Waals surface area contributed by atoms with Crippen LogP contribution >= 0.6 is 15.9 Å².